The Kier molecular flexibility index (Phi) is 4.50. The SMILES string of the molecule is O=C(O)CC(c1cc(Cl)ccc1Cl)C(F)F. The summed E-state index contributed by atoms with van der Waals surface area (Å²) >= 11 is 11.4. The van der Waals surface area contributed by atoms with Crippen LogP contribution < -0.4 is 0 Å². The summed E-state index contributed by atoms with van der Waals surface area (Å²) in [5, 5.41) is 8.88. The second kappa shape index (κ2) is 5.46. The van der Waals surface area contributed by atoms with Crippen LogP contribution in [0.4, 0.5) is 8.78 Å². The summed E-state index contributed by atoms with van der Waals surface area (Å²) < 4.78 is 25.4. The van der Waals surface area contributed by atoms with Gasteiger partial charge in [-0.15, -0.1) is 0 Å². The van der Waals surface area contributed by atoms with Crippen LogP contribution in [0, 0.1) is 0 Å². The monoisotopic (exact) mass is 268 g/mol. The van der Waals surface area contributed by atoms with E-state index in [1.165, 1.54) is 18.2 Å². The normalized spacial score (nSPS) is 12.8. The molecule has 0 heterocycles. The Bertz CT molecular complexity index is 396. The molecule has 0 aliphatic carbocycles. The Morgan fingerprint density at radius 3 is 2.50 bits per heavy atom. The zero-order valence-corrected chi connectivity index (χ0v) is 9.47. The minimum atomic E-state index is -2.80. The lowest BCUT2D eigenvalue weighted by Gasteiger charge is -2.15. The predicted octanol–water partition coefficient (Wildman–Crippen LogP) is 3.82. The maximum atomic E-state index is 12.7. The van der Waals surface area contributed by atoms with Crippen molar-refractivity contribution in [3.8, 4) is 0 Å². The van der Waals surface area contributed by atoms with E-state index in [4.69, 9.17) is 28.3 Å². The van der Waals surface area contributed by atoms with Gasteiger partial charge in [0.25, 0.3) is 0 Å². The number of carboxylic acid groups (broad SMARTS) is 1. The van der Waals surface area contributed by atoms with Crippen molar-refractivity contribution >= 4 is 29.2 Å². The zero-order valence-electron chi connectivity index (χ0n) is 7.96. The highest BCUT2D eigenvalue weighted by Gasteiger charge is 2.27. The van der Waals surface area contributed by atoms with Crippen LogP contribution in [-0.4, -0.2) is 17.5 Å². The number of benzene rings is 1. The molecule has 2 nitrogen and oxygen atoms in total. The third kappa shape index (κ3) is 3.32. The predicted molar refractivity (Wildman–Crippen MR) is 57.5 cm³/mol. The molecule has 0 spiro atoms. The number of hydrogen-bond donors (Lipinski definition) is 1. The van der Waals surface area contributed by atoms with Gasteiger partial charge in [-0.1, -0.05) is 23.2 Å². The quantitative estimate of drug-likeness (QED) is 0.902. The fraction of sp³-hybridized carbons (Fsp3) is 0.300. The van der Waals surface area contributed by atoms with Gasteiger partial charge >= 0.3 is 5.97 Å². The minimum Gasteiger partial charge on any atom is -0.481 e. The Morgan fingerprint density at radius 1 is 1.38 bits per heavy atom. The van der Waals surface area contributed by atoms with Crippen LogP contribution in [0.15, 0.2) is 18.2 Å². The minimum absolute atomic E-state index is 0.0616. The molecule has 1 aromatic carbocycles. The molecule has 0 saturated carbocycles. The summed E-state index contributed by atoms with van der Waals surface area (Å²) in [7, 11) is 0. The average Bonchev–Trinajstić information content (AvgIpc) is 2.18. The molecule has 0 amide bonds. The van der Waals surface area contributed by atoms with Gasteiger partial charge < -0.3 is 5.11 Å². The Hall–Kier alpha value is -0.870. The highest BCUT2D eigenvalue weighted by Crippen LogP contribution is 2.33. The van der Waals surface area contributed by atoms with Crippen molar-refractivity contribution in [3.63, 3.8) is 0 Å². The summed E-state index contributed by atoms with van der Waals surface area (Å²) in [4.78, 5) is 10.5. The van der Waals surface area contributed by atoms with Crippen LogP contribution in [0.2, 0.25) is 10.0 Å². The third-order valence-electron chi connectivity index (χ3n) is 2.06. The first-order valence-corrected chi connectivity index (χ1v) is 5.12. The number of alkyl halides is 2. The summed E-state index contributed by atoms with van der Waals surface area (Å²) in [5.74, 6) is -2.75. The average molecular weight is 269 g/mol. The summed E-state index contributed by atoms with van der Waals surface area (Å²) in [6.07, 6.45) is -3.48. The Labute approximate surface area is 101 Å². The lowest BCUT2D eigenvalue weighted by atomic mass is 9.96. The number of halogens is 4. The zero-order chi connectivity index (χ0) is 12.3. The van der Waals surface area contributed by atoms with Crippen LogP contribution in [0.1, 0.15) is 17.9 Å². The molecule has 0 fully saturated rings. The summed E-state index contributed by atoms with van der Waals surface area (Å²) in [6, 6.07) is 4.09. The number of hydrogen-bond acceptors (Lipinski definition) is 1. The van der Waals surface area contributed by atoms with Crippen molar-refractivity contribution in [2.24, 2.45) is 0 Å². The van der Waals surface area contributed by atoms with Gasteiger partial charge in [0.15, 0.2) is 0 Å². The van der Waals surface area contributed by atoms with Crippen molar-refractivity contribution in [2.45, 2.75) is 18.8 Å². The molecular formula is C10H8Cl2F2O2. The molecule has 0 aromatic heterocycles. The highest BCUT2D eigenvalue weighted by atomic mass is 35.5. The number of carboxylic acids is 1. The van der Waals surface area contributed by atoms with Crippen molar-refractivity contribution in [3.05, 3.63) is 33.8 Å². The van der Waals surface area contributed by atoms with E-state index in [9.17, 15) is 13.6 Å². The first kappa shape index (κ1) is 13.2. The molecule has 1 atom stereocenters. The van der Waals surface area contributed by atoms with Crippen molar-refractivity contribution < 1.29 is 18.7 Å². The van der Waals surface area contributed by atoms with E-state index in [-0.39, 0.29) is 15.6 Å². The lowest BCUT2D eigenvalue weighted by Crippen LogP contribution is -2.14. The van der Waals surface area contributed by atoms with Gasteiger partial charge in [0, 0.05) is 10.0 Å². The fourth-order valence-electron chi connectivity index (χ4n) is 1.32. The van der Waals surface area contributed by atoms with Gasteiger partial charge in [-0.2, -0.15) is 0 Å². The third-order valence-corrected chi connectivity index (χ3v) is 2.64. The van der Waals surface area contributed by atoms with E-state index in [0.29, 0.717) is 0 Å². The molecule has 0 saturated heterocycles. The van der Waals surface area contributed by atoms with Gasteiger partial charge in [0.2, 0.25) is 6.43 Å². The second-order valence-electron chi connectivity index (χ2n) is 3.20. The molecule has 1 N–H and O–H groups in total. The van der Waals surface area contributed by atoms with Crippen molar-refractivity contribution in [1.29, 1.82) is 0 Å². The van der Waals surface area contributed by atoms with Gasteiger partial charge in [0.1, 0.15) is 0 Å². The molecule has 0 bridgehead atoms. The summed E-state index contributed by atoms with van der Waals surface area (Å²) in [5.41, 5.74) is 0.0616. The van der Waals surface area contributed by atoms with Gasteiger partial charge in [-0.25, -0.2) is 8.78 Å². The Morgan fingerprint density at radius 2 is 2.00 bits per heavy atom. The van der Waals surface area contributed by atoms with Crippen LogP contribution in [-0.2, 0) is 4.79 Å². The molecule has 1 rings (SSSR count). The highest BCUT2D eigenvalue weighted by molar-refractivity contribution is 6.33. The van der Waals surface area contributed by atoms with Crippen molar-refractivity contribution in [1.82, 2.24) is 0 Å². The number of rotatable bonds is 4. The lowest BCUT2D eigenvalue weighted by molar-refractivity contribution is -0.138. The molecule has 0 radical (unpaired) electrons. The van der Waals surface area contributed by atoms with Crippen LogP contribution in [0.3, 0.4) is 0 Å². The largest absolute Gasteiger partial charge is 0.481 e. The topological polar surface area (TPSA) is 37.3 Å². The van der Waals surface area contributed by atoms with Gasteiger partial charge in [0.05, 0.1) is 12.3 Å². The van der Waals surface area contributed by atoms with E-state index in [0.717, 1.165) is 0 Å². The molecule has 0 aliphatic heterocycles. The standard InChI is InChI=1S/C10H8Cl2F2O2/c11-5-1-2-8(12)6(3-5)7(10(13)14)4-9(15)16/h1-3,7,10H,4H2,(H,15,16). The molecular weight excluding hydrogens is 261 g/mol. The molecule has 6 heteroatoms. The Balaban J connectivity index is 3.09. The van der Waals surface area contributed by atoms with E-state index in [2.05, 4.69) is 0 Å². The first-order valence-electron chi connectivity index (χ1n) is 4.36. The number of carbonyl (C=O) groups is 1. The molecule has 0 aliphatic rings. The fourth-order valence-corrected chi connectivity index (χ4v) is 1.76. The summed E-state index contributed by atoms with van der Waals surface area (Å²) in [6.45, 7) is 0. The first-order chi connectivity index (χ1) is 7.41. The van der Waals surface area contributed by atoms with E-state index < -0.39 is 24.7 Å². The van der Waals surface area contributed by atoms with E-state index in [1.807, 2.05) is 0 Å². The molecule has 1 unspecified atom stereocenters. The van der Waals surface area contributed by atoms with Crippen LogP contribution >= 0.6 is 23.2 Å². The maximum Gasteiger partial charge on any atom is 0.304 e. The maximum absolute atomic E-state index is 12.7. The molecule has 16 heavy (non-hydrogen) atoms. The molecule has 1 aromatic rings. The number of aliphatic carboxylic acids is 1. The van der Waals surface area contributed by atoms with E-state index >= 15 is 0 Å². The second-order valence-corrected chi connectivity index (χ2v) is 4.05. The van der Waals surface area contributed by atoms with Crippen LogP contribution in [0.25, 0.3) is 0 Å². The van der Waals surface area contributed by atoms with E-state index in [1.54, 1.807) is 0 Å². The van der Waals surface area contributed by atoms with Crippen LogP contribution in [0.5, 0.6) is 0 Å². The smallest absolute Gasteiger partial charge is 0.304 e. The van der Waals surface area contributed by atoms with Gasteiger partial charge in [-0.05, 0) is 23.8 Å². The molecule has 88 valence electrons. The van der Waals surface area contributed by atoms with Crippen molar-refractivity contribution in [2.75, 3.05) is 0 Å². The van der Waals surface area contributed by atoms with Gasteiger partial charge in [-0.3, -0.25) is 4.79 Å².